The predicted octanol–water partition coefficient (Wildman–Crippen LogP) is 0.211. The van der Waals surface area contributed by atoms with Gasteiger partial charge < -0.3 is 5.32 Å². The Morgan fingerprint density at radius 2 is 1.70 bits per heavy atom. The van der Waals surface area contributed by atoms with Crippen LogP contribution in [0, 0.1) is 11.6 Å². The van der Waals surface area contributed by atoms with Crippen LogP contribution in [0.3, 0.4) is 0 Å². The summed E-state index contributed by atoms with van der Waals surface area (Å²) in [5.74, 6) is -2.64. The average molecular weight is 402 g/mol. The Bertz CT molecular complexity index is 836. The second kappa shape index (κ2) is 7.49. The molecule has 11 heteroatoms. The fourth-order valence-electron chi connectivity index (χ4n) is 3.25. The van der Waals surface area contributed by atoms with E-state index >= 15 is 0 Å². The molecule has 0 bridgehead atoms. The molecule has 3 amide bonds. The van der Waals surface area contributed by atoms with Crippen molar-refractivity contribution in [3.63, 3.8) is 0 Å². The number of sulfonamides is 1. The molecule has 148 valence electrons. The van der Waals surface area contributed by atoms with Crippen LogP contribution in [0.2, 0.25) is 0 Å². The first-order valence-electron chi connectivity index (χ1n) is 8.51. The fraction of sp³-hybridized carbons (Fsp3) is 0.500. The number of halogens is 2. The minimum atomic E-state index is -4.32. The van der Waals surface area contributed by atoms with Crippen LogP contribution in [0.4, 0.5) is 13.6 Å². The molecule has 1 atom stereocenters. The van der Waals surface area contributed by atoms with Gasteiger partial charge in [0.05, 0.1) is 6.04 Å². The molecule has 2 fully saturated rings. The Balaban J connectivity index is 1.68. The van der Waals surface area contributed by atoms with Gasteiger partial charge in [-0.2, -0.15) is 4.31 Å². The Kier molecular flexibility index (Phi) is 5.45. The number of carbonyl (C=O) groups excluding carboxylic acids is 2. The van der Waals surface area contributed by atoms with Gasteiger partial charge >= 0.3 is 6.03 Å². The zero-order valence-corrected chi connectivity index (χ0v) is 15.5. The standard InChI is InChI=1S/C16H20F2N4O4S/c1-11(15(23)22-6-5-19-16(22)24)20-7-9-21(10-8-20)27(25,26)14-12(17)3-2-4-13(14)18/h2-4,11H,5-10H2,1H3,(H,19,24)/t11-/m1/s1. The molecule has 1 N–H and O–H groups in total. The van der Waals surface area contributed by atoms with Gasteiger partial charge in [0.15, 0.2) is 4.90 Å². The normalized spacial score (nSPS) is 20.6. The van der Waals surface area contributed by atoms with Gasteiger partial charge in [-0.1, -0.05) is 6.07 Å². The molecule has 2 heterocycles. The smallest absolute Gasteiger partial charge is 0.324 e. The quantitative estimate of drug-likeness (QED) is 0.778. The van der Waals surface area contributed by atoms with Crippen LogP contribution in [0.5, 0.6) is 0 Å². The number of hydrogen-bond donors (Lipinski definition) is 1. The highest BCUT2D eigenvalue weighted by atomic mass is 32.2. The van der Waals surface area contributed by atoms with E-state index in [0.29, 0.717) is 13.1 Å². The summed E-state index contributed by atoms with van der Waals surface area (Å²) in [4.78, 5) is 26.0. The molecule has 8 nitrogen and oxygen atoms in total. The number of benzene rings is 1. The van der Waals surface area contributed by atoms with E-state index in [4.69, 9.17) is 0 Å². The molecule has 2 aliphatic heterocycles. The number of piperazine rings is 1. The lowest BCUT2D eigenvalue weighted by Gasteiger charge is -2.37. The molecule has 2 saturated heterocycles. The lowest BCUT2D eigenvalue weighted by molar-refractivity contribution is -0.133. The minimum Gasteiger partial charge on any atom is -0.336 e. The van der Waals surface area contributed by atoms with E-state index in [9.17, 15) is 26.8 Å². The maximum atomic E-state index is 13.9. The van der Waals surface area contributed by atoms with Gasteiger partial charge in [-0.25, -0.2) is 22.0 Å². The molecule has 1 aromatic rings. The third-order valence-corrected chi connectivity index (χ3v) is 6.77. The van der Waals surface area contributed by atoms with Crippen LogP contribution in [0.15, 0.2) is 23.1 Å². The summed E-state index contributed by atoms with van der Waals surface area (Å²) in [7, 11) is -4.32. The molecule has 2 aliphatic rings. The number of nitrogens with one attached hydrogen (secondary N) is 1. The second-order valence-corrected chi connectivity index (χ2v) is 8.26. The summed E-state index contributed by atoms with van der Waals surface area (Å²) >= 11 is 0. The molecule has 0 spiro atoms. The molecular formula is C16H20F2N4O4S. The van der Waals surface area contributed by atoms with Gasteiger partial charge in [-0.05, 0) is 19.1 Å². The number of rotatable bonds is 4. The van der Waals surface area contributed by atoms with Crippen LogP contribution in [0.1, 0.15) is 6.92 Å². The number of carbonyl (C=O) groups is 2. The molecule has 1 aromatic carbocycles. The summed E-state index contributed by atoms with van der Waals surface area (Å²) in [6, 6.07) is 1.85. The molecule has 3 rings (SSSR count). The SMILES string of the molecule is C[C@H](C(=O)N1CCNC1=O)N1CCN(S(=O)(=O)c2c(F)cccc2F)CC1. The Labute approximate surface area is 155 Å². The molecule has 0 unspecified atom stereocenters. The monoisotopic (exact) mass is 402 g/mol. The number of amides is 3. The Hall–Kier alpha value is -2.11. The van der Waals surface area contributed by atoms with Gasteiger partial charge in [-0.3, -0.25) is 14.6 Å². The zero-order chi connectivity index (χ0) is 19.8. The van der Waals surface area contributed by atoms with Gasteiger partial charge in [0.25, 0.3) is 0 Å². The van der Waals surface area contributed by atoms with Crippen molar-refractivity contribution in [2.45, 2.75) is 17.9 Å². The van der Waals surface area contributed by atoms with E-state index in [2.05, 4.69) is 5.32 Å². The fourth-order valence-corrected chi connectivity index (χ4v) is 4.78. The lowest BCUT2D eigenvalue weighted by Crippen LogP contribution is -2.55. The second-order valence-electron chi connectivity index (χ2n) is 6.39. The number of nitrogens with zero attached hydrogens (tertiary/aromatic N) is 3. The molecular weight excluding hydrogens is 382 g/mol. The summed E-state index contributed by atoms with van der Waals surface area (Å²) in [6.45, 7) is 2.73. The minimum absolute atomic E-state index is 0.0140. The number of imide groups is 1. The largest absolute Gasteiger partial charge is 0.336 e. The van der Waals surface area contributed by atoms with E-state index in [0.717, 1.165) is 27.4 Å². The van der Waals surface area contributed by atoms with Gasteiger partial charge in [-0.15, -0.1) is 0 Å². The van der Waals surface area contributed by atoms with Crippen molar-refractivity contribution in [3.05, 3.63) is 29.8 Å². The van der Waals surface area contributed by atoms with Crippen molar-refractivity contribution in [1.82, 2.24) is 19.4 Å². The molecule has 0 saturated carbocycles. The zero-order valence-electron chi connectivity index (χ0n) is 14.7. The van der Waals surface area contributed by atoms with Crippen LogP contribution >= 0.6 is 0 Å². The number of hydrogen-bond acceptors (Lipinski definition) is 5. The van der Waals surface area contributed by atoms with Gasteiger partial charge in [0.1, 0.15) is 11.6 Å². The van der Waals surface area contributed by atoms with Crippen molar-refractivity contribution in [2.75, 3.05) is 39.3 Å². The summed E-state index contributed by atoms with van der Waals surface area (Å²) < 4.78 is 53.9. The molecule has 0 aromatic heterocycles. The van der Waals surface area contributed by atoms with Gasteiger partial charge in [0, 0.05) is 39.3 Å². The van der Waals surface area contributed by atoms with Crippen LogP contribution < -0.4 is 5.32 Å². The first-order chi connectivity index (χ1) is 12.7. The summed E-state index contributed by atoms with van der Waals surface area (Å²) in [5.41, 5.74) is 0. The van der Waals surface area contributed by atoms with E-state index in [1.54, 1.807) is 11.8 Å². The Morgan fingerprint density at radius 3 is 2.22 bits per heavy atom. The van der Waals surface area contributed by atoms with Crippen molar-refractivity contribution in [3.8, 4) is 0 Å². The summed E-state index contributed by atoms with van der Waals surface area (Å²) in [6.07, 6.45) is 0. The van der Waals surface area contributed by atoms with E-state index in [1.807, 2.05) is 0 Å². The van der Waals surface area contributed by atoms with E-state index in [-0.39, 0.29) is 32.1 Å². The van der Waals surface area contributed by atoms with E-state index < -0.39 is 38.6 Å². The van der Waals surface area contributed by atoms with Gasteiger partial charge in [0.2, 0.25) is 15.9 Å². The highest BCUT2D eigenvalue weighted by Crippen LogP contribution is 2.24. The molecule has 0 radical (unpaired) electrons. The highest BCUT2D eigenvalue weighted by molar-refractivity contribution is 7.89. The molecule has 0 aliphatic carbocycles. The number of urea groups is 1. The predicted molar refractivity (Wildman–Crippen MR) is 91.3 cm³/mol. The van der Waals surface area contributed by atoms with Crippen LogP contribution in [-0.4, -0.2) is 79.8 Å². The lowest BCUT2D eigenvalue weighted by atomic mass is 10.2. The first kappa shape index (κ1) is 19.6. The van der Waals surface area contributed by atoms with Crippen LogP contribution in [-0.2, 0) is 14.8 Å². The first-order valence-corrected chi connectivity index (χ1v) is 9.95. The van der Waals surface area contributed by atoms with Crippen molar-refractivity contribution in [1.29, 1.82) is 0 Å². The van der Waals surface area contributed by atoms with Crippen molar-refractivity contribution >= 4 is 22.0 Å². The third-order valence-electron chi connectivity index (χ3n) is 4.82. The third kappa shape index (κ3) is 3.66. The van der Waals surface area contributed by atoms with Crippen LogP contribution in [0.25, 0.3) is 0 Å². The van der Waals surface area contributed by atoms with Crippen molar-refractivity contribution in [2.24, 2.45) is 0 Å². The topological polar surface area (TPSA) is 90.0 Å². The maximum absolute atomic E-state index is 13.9. The maximum Gasteiger partial charge on any atom is 0.324 e. The average Bonchev–Trinajstić information content (AvgIpc) is 3.06. The molecule has 27 heavy (non-hydrogen) atoms. The highest BCUT2D eigenvalue weighted by Gasteiger charge is 2.37. The summed E-state index contributed by atoms with van der Waals surface area (Å²) in [5, 5.41) is 2.55. The van der Waals surface area contributed by atoms with Crippen molar-refractivity contribution < 1.29 is 26.8 Å². The Morgan fingerprint density at radius 1 is 1.11 bits per heavy atom. The van der Waals surface area contributed by atoms with E-state index in [1.165, 1.54) is 0 Å².